The monoisotopic (exact) mass is 371 g/mol. The Bertz CT molecular complexity index is 859. The van der Waals surface area contributed by atoms with Crippen molar-refractivity contribution in [1.29, 1.82) is 0 Å². The van der Waals surface area contributed by atoms with Crippen LogP contribution in [0.4, 0.5) is 5.69 Å². The highest BCUT2D eigenvalue weighted by molar-refractivity contribution is 6.01. The number of amides is 1. The molecule has 7 nitrogen and oxygen atoms in total. The lowest BCUT2D eigenvalue weighted by atomic mass is 9.98. The van der Waals surface area contributed by atoms with Crippen molar-refractivity contribution in [3.8, 4) is 17.0 Å². The van der Waals surface area contributed by atoms with E-state index < -0.39 is 0 Å². The summed E-state index contributed by atoms with van der Waals surface area (Å²) < 4.78 is 7.45. The largest absolute Gasteiger partial charge is 0.481 e. The van der Waals surface area contributed by atoms with Crippen molar-refractivity contribution >= 4 is 11.6 Å². The van der Waals surface area contributed by atoms with Crippen LogP contribution in [0.15, 0.2) is 12.1 Å². The molecule has 2 heterocycles. The van der Waals surface area contributed by atoms with Crippen LogP contribution in [0, 0.1) is 6.92 Å². The number of nitrogens with zero attached hydrogens (tertiary/aromatic N) is 3. The van der Waals surface area contributed by atoms with Gasteiger partial charge in [-0.15, -0.1) is 0 Å². The minimum Gasteiger partial charge on any atom is -0.481 e. The quantitative estimate of drug-likeness (QED) is 0.778. The Hall–Kier alpha value is -2.38. The molecule has 3 rings (SSSR count). The number of carbonyl (C=O) groups excluding carboxylic acids is 1. The lowest BCUT2D eigenvalue weighted by Gasteiger charge is -2.20. The lowest BCUT2D eigenvalue weighted by Crippen LogP contribution is -2.35. The van der Waals surface area contributed by atoms with Crippen molar-refractivity contribution in [2.75, 3.05) is 33.1 Å². The molecule has 27 heavy (non-hydrogen) atoms. The Morgan fingerprint density at radius 1 is 1.44 bits per heavy atom. The van der Waals surface area contributed by atoms with Gasteiger partial charge in [0.1, 0.15) is 0 Å². The normalized spacial score (nSPS) is 14.4. The zero-order valence-electron chi connectivity index (χ0n) is 17.0. The number of hydrogen-bond acceptors (Lipinski definition) is 5. The fraction of sp³-hybridized carbons (Fsp3) is 0.500. The van der Waals surface area contributed by atoms with Gasteiger partial charge in [-0.2, -0.15) is 5.10 Å². The fourth-order valence-electron chi connectivity index (χ4n) is 3.76. The van der Waals surface area contributed by atoms with Crippen LogP contribution in [0.1, 0.15) is 23.7 Å². The van der Waals surface area contributed by atoms with E-state index in [2.05, 4.69) is 41.6 Å². The highest BCUT2D eigenvalue weighted by atomic mass is 16.5. The third kappa shape index (κ3) is 3.84. The molecule has 2 N–H and O–H groups in total. The average molecular weight is 371 g/mol. The number of rotatable bonds is 7. The molecule has 1 aliphatic heterocycles. The third-order valence-electron chi connectivity index (χ3n) is 5.08. The number of hydrogen-bond donors (Lipinski definition) is 2. The summed E-state index contributed by atoms with van der Waals surface area (Å²) in [4.78, 5) is 14.1. The molecule has 146 valence electrons. The molecule has 0 spiro atoms. The van der Waals surface area contributed by atoms with Gasteiger partial charge < -0.3 is 15.4 Å². The summed E-state index contributed by atoms with van der Waals surface area (Å²) in [5, 5.41) is 10.9. The van der Waals surface area contributed by atoms with Crippen molar-refractivity contribution in [1.82, 2.24) is 20.0 Å². The molecule has 1 aromatic heterocycles. The van der Waals surface area contributed by atoms with E-state index in [1.807, 2.05) is 21.0 Å². The van der Waals surface area contributed by atoms with E-state index in [0.717, 1.165) is 46.1 Å². The maximum absolute atomic E-state index is 11.8. The minimum absolute atomic E-state index is 0.0458. The van der Waals surface area contributed by atoms with Gasteiger partial charge in [0.25, 0.3) is 0 Å². The molecule has 1 atom stereocenters. The highest BCUT2D eigenvalue weighted by Gasteiger charge is 2.25. The number of carbonyl (C=O) groups is 1. The Morgan fingerprint density at radius 3 is 2.85 bits per heavy atom. The van der Waals surface area contributed by atoms with Gasteiger partial charge in [0.2, 0.25) is 11.8 Å². The van der Waals surface area contributed by atoms with E-state index in [1.165, 1.54) is 0 Å². The van der Waals surface area contributed by atoms with E-state index in [0.29, 0.717) is 19.0 Å². The summed E-state index contributed by atoms with van der Waals surface area (Å²) in [5.41, 5.74) is 6.03. The molecule has 0 unspecified atom stereocenters. The average Bonchev–Trinajstić information content (AvgIpc) is 3.13. The smallest absolute Gasteiger partial charge is 0.228 e. The predicted octanol–water partition coefficient (Wildman–Crippen LogP) is 1.94. The van der Waals surface area contributed by atoms with Gasteiger partial charge in [-0.25, -0.2) is 4.68 Å². The molecule has 0 fully saturated rings. The summed E-state index contributed by atoms with van der Waals surface area (Å²) in [6.07, 6.45) is 0.418. The van der Waals surface area contributed by atoms with Crippen LogP contribution >= 0.6 is 0 Å². The first kappa shape index (κ1) is 19.4. The summed E-state index contributed by atoms with van der Waals surface area (Å²) in [7, 11) is 7.63. The zero-order chi connectivity index (χ0) is 19.7. The maximum Gasteiger partial charge on any atom is 0.228 e. The van der Waals surface area contributed by atoms with Crippen LogP contribution in [-0.4, -0.2) is 54.4 Å². The van der Waals surface area contributed by atoms with Crippen LogP contribution in [-0.2, 0) is 24.8 Å². The Morgan fingerprint density at radius 2 is 2.19 bits per heavy atom. The second-order valence-electron chi connectivity index (χ2n) is 7.39. The minimum atomic E-state index is 0.0458. The van der Waals surface area contributed by atoms with Gasteiger partial charge in [0.15, 0.2) is 0 Å². The fourth-order valence-corrected chi connectivity index (χ4v) is 3.76. The van der Waals surface area contributed by atoms with E-state index in [-0.39, 0.29) is 5.91 Å². The number of benzene rings is 1. The van der Waals surface area contributed by atoms with Gasteiger partial charge >= 0.3 is 0 Å². The van der Waals surface area contributed by atoms with Gasteiger partial charge in [0, 0.05) is 31.9 Å². The Labute approximate surface area is 160 Å². The number of fused-ring (bicyclic) bond motifs is 1. The molecule has 2 aromatic rings. The summed E-state index contributed by atoms with van der Waals surface area (Å²) in [6, 6.07) is 4.58. The van der Waals surface area contributed by atoms with Crippen LogP contribution in [0.2, 0.25) is 0 Å². The molecular formula is C20H29N5O2. The molecule has 1 aliphatic rings. The van der Waals surface area contributed by atoms with E-state index in [9.17, 15) is 4.79 Å². The Kier molecular flexibility index (Phi) is 5.53. The van der Waals surface area contributed by atoms with Crippen molar-refractivity contribution in [2.24, 2.45) is 7.05 Å². The first-order valence-corrected chi connectivity index (χ1v) is 9.23. The number of ether oxygens (including phenoxy) is 1. The number of likely N-dealkylation sites (N-methyl/N-ethyl adjacent to an activating group) is 2. The van der Waals surface area contributed by atoms with Gasteiger partial charge in [-0.3, -0.25) is 9.69 Å². The maximum atomic E-state index is 11.8. The van der Waals surface area contributed by atoms with Gasteiger partial charge in [0.05, 0.1) is 24.8 Å². The summed E-state index contributed by atoms with van der Waals surface area (Å²) in [5.74, 6) is 0.779. The number of nitrogens with one attached hydrogen (secondary N) is 2. The van der Waals surface area contributed by atoms with Crippen LogP contribution in [0.25, 0.3) is 11.1 Å². The van der Waals surface area contributed by atoms with Gasteiger partial charge in [-0.05, 0) is 56.8 Å². The van der Waals surface area contributed by atoms with Crippen molar-refractivity contribution in [2.45, 2.75) is 32.9 Å². The van der Waals surface area contributed by atoms with Crippen LogP contribution in [0.5, 0.6) is 5.88 Å². The molecule has 1 amide bonds. The number of anilines is 1. The second-order valence-corrected chi connectivity index (χ2v) is 7.39. The van der Waals surface area contributed by atoms with Crippen molar-refractivity contribution in [3.63, 3.8) is 0 Å². The first-order valence-electron chi connectivity index (χ1n) is 9.23. The van der Waals surface area contributed by atoms with Crippen LogP contribution < -0.4 is 15.4 Å². The zero-order valence-corrected chi connectivity index (χ0v) is 17.0. The van der Waals surface area contributed by atoms with E-state index >= 15 is 0 Å². The highest BCUT2D eigenvalue weighted by Crippen LogP contribution is 2.38. The summed E-state index contributed by atoms with van der Waals surface area (Å²) >= 11 is 0. The summed E-state index contributed by atoms with van der Waals surface area (Å²) in [6.45, 7) is 5.81. The Balaban J connectivity index is 2.01. The third-order valence-corrected chi connectivity index (χ3v) is 5.08. The molecule has 0 aliphatic carbocycles. The molecule has 0 radical (unpaired) electrons. The second kappa shape index (κ2) is 7.70. The van der Waals surface area contributed by atoms with Crippen LogP contribution in [0.3, 0.4) is 0 Å². The standard InChI is InChI=1S/C20H29N5O2/c1-12-7-14(8-15-9-17(26)22-19(12)15)18-16(23-25(5)20(18)27-6)11-24(4)10-13(2)21-3/h7-8,13,21H,9-11H2,1-6H3,(H,22,26)/t13-/m1/s1. The predicted molar refractivity (Wildman–Crippen MR) is 107 cm³/mol. The van der Waals surface area contributed by atoms with E-state index in [1.54, 1.807) is 11.8 Å². The molecule has 7 heteroatoms. The van der Waals surface area contributed by atoms with Crippen molar-refractivity contribution < 1.29 is 9.53 Å². The van der Waals surface area contributed by atoms with Gasteiger partial charge in [-0.1, -0.05) is 0 Å². The molecule has 0 saturated heterocycles. The SMILES string of the molecule is CN[C@H](C)CN(C)Cc1nn(C)c(OC)c1-c1cc(C)c2c(c1)CC(=O)N2. The molecule has 0 saturated carbocycles. The number of aromatic nitrogens is 2. The topological polar surface area (TPSA) is 71.4 Å². The number of aryl methyl sites for hydroxylation is 2. The molecule has 0 bridgehead atoms. The first-order chi connectivity index (χ1) is 12.8. The van der Waals surface area contributed by atoms with Crippen molar-refractivity contribution in [3.05, 3.63) is 29.0 Å². The lowest BCUT2D eigenvalue weighted by molar-refractivity contribution is -0.115. The molecule has 1 aromatic carbocycles. The van der Waals surface area contributed by atoms with E-state index in [4.69, 9.17) is 9.84 Å². The number of methoxy groups -OCH3 is 1. The molecular weight excluding hydrogens is 342 g/mol.